The summed E-state index contributed by atoms with van der Waals surface area (Å²) in [5.74, 6) is -7.78. The molecule has 2 aromatic rings. The summed E-state index contributed by atoms with van der Waals surface area (Å²) in [5, 5.41) is 11.2. The monoisotopic (exact) mass is 661 g/mol. The van der Waals surface area contributed by atoms with Crippen molar-refractivity contribution in [3.05, 3.63) is 81.5 Å². The Morgan fingerprint density at radius 3 is 2.06 bits per heavy atom. The van der Waals surface area contributed by atoms with Crippen LogP contribution in [0.25, 0.3) is 0 Å². The number of benzene rings is 2. The first-order valence-corrected chi connectivity index (χ1v) is 14.3. The molecule has 1 fully saturated rings. The molecule has 3 aliphatic carbocycles. The van der Waals surface area contributed by atoms with Crippen LogP contribution in [-0.2, 0) is 31.5 Å². The quantitative estimate of drug-likeness (QED) is 0.183. The number of allylic oxidation sites excluding steroid dienone is 6. The molecule has 0 radical (unpaired) electrons. The van der Waals surface area contributed by atoms with E-state index in [1.165, 1.54) is 33.3 Å². The largest absolute Gasteiger partial charge is 0.507 e. The van der Waals surface area contributed by atoms with Crippen molar-refractivity contribution in [3.63, 3.8) is 0 Å². The number of hydrogen-bond acceptors (Lipinski definition) is 7. The number of Topliss-reactive ketones (excluding diaryl/α,β-unsaturated/α-hetero) is 1. The predicted octanol–water partition coefficient (Wildman–Crippen LogP) is 6.08. The van der Waals surface area contributed by atoms with Gasteiger partial charge in [-0.3, -0.25) is 19.2 Å². The zero-order valence-corrected chi connectivity index (χ0v) is 24.9. The van der Waals surface area contributed by atoms with Gasteiger partial charge in [0.1, 0.15) is 17.2 Å². The molecule has 1 N–H and O–H groups in total. The van der Waals surface area contributed by atoms with Gasteiger partial charge in [-0.15, -0.1) is 0 Å². The number of fused-ring (bicyclic) bond motifs is 3. The molecule has 0 spiro atoms. The molecule has 2 amide bonds. The Morgan fingerprint density at radius 1 is 0.851 bits per heavy atom. The highest BCUT2D eigenvalue weighted by atomic mass is 19.4. The molecule has 246 valence electrons. The van der Waals surface area contributed by atoms with Gasteiger partial charge in [-0.25, -0.2) is 4.90 Å². The van der Waals surface area contributed by atoms with Crippen LogP contribution < -0.4 is 14.4 Å². The Morgan fingerprint density at radius 2 is 1.49 bits per heavy atom. The molecule has 1 heterocycles. The van der Waals surface area contributed by atoms with Gasteiger partial charge in [0, 0.05) is 40.3 Å². The number of anilines is 1. The maximum Gasteiger partial charge on any atom is 0.416 e. The zero-order chi connectivity index (χ0) is 34.3. The smallest absolute Gasteiger partial charge is 0.416 e. The molecular formula is C33H25F6NO7. The number of halogens is 6. The van der Waals surface area contributed by atoms with Crippen LogP contribution in [0.2, 0.25) is 0 Å². The van der Waals surface area contributed by atoms with E-state index in [2.05, 4.69) is 0 Å². The Bertz CT molecular complexity index is 1840. The van der Waals surface area contributed by atoms with Crippen molar-refractivity contribution < 1.29 is 60.1 Å². The number of carbonyl (C=O) groups is 4. The summed E-state index contributed by atoms with van der Waals surface area (Å²) < 4.78 is 92.7. The summed E-state index contributed by atoms with van der Waals surface area (Å²) in [4.78, 5) is 55.1. The van der Waals surface area contributed by atoms with Gasteiger partial charge in [0.15, 0.2) is 11.6 Å². The van der Waals surface area contributed by atoms with Gasteiger partial charge in [-0.05, 0) is 50.0 Å². The Labute approximate surface area is 262 Å². The van der Waals surface area contributed by atoms with Crippen molar-refractivity contribution in [2.45, 2.75) is 38.0 Å². The summed E-state index contributed by atoms with van der Waals surface area (Å²) in [7, 11) is 2.65. The number of ketones is 2. The molecule has 1 aliphatic heterocycles. The van der Waals surface area contributed by atoms with Gasteiger partial charge in [0.2, 0.25) is 11.8 Å². The molecular weight excluding hydrogens is 636 g/mol. The van der Waals surface area contributed by atoms with Crippen LogP contribution in [-0.4, -0.2) is 42.7 Å². The number of phenolic OH excluding ortho intramolecular Hbond substituents is 1. The lowest BCUT2D eigenvalue weighted by Gasteiger charge is -2.42. The van der Waals surface area contributed by atoms with E-state index < -0.39 is 76.2 Å². The molecule has 14 heteroatoms. The standard InChI is InChI=1S/C33H25F6NO7/c1-13-6-22(41)21-12-20-18(26(27(21)29(13)43)28-23(42)10-17(46-2)11-24(28)47-3)4-5-19-25(20)31(45)40(30(19)44)16-8-14(32(34,35)36)7-15(9-16)33(37,38)39/h4,6-11,19-20,25-26,42H,5,12H2,1-3H3/t19-,20+,25-,26-/m0/s1. The fourth-order valence-corrected chi connectivity index (χ4v) is 7.18. The van der Waals surface area contributed by atoms with E-state index >= 15 is 0 Å². The summed E-state index contributed by atoms with van der Waals surface area (Å²) >= 11 is 0. The maximum absolute atomic E-state index is 14.0. The average Bonchev–Trinajstić information content (AvgIpc) is 3.26. The second-order valence-corrected chi connectivity index (χ2v) is 11.8. The van der Waals surface area contributed by atoms with Gasteiger partial charge in [-0.2, -0.15) is 26.3 Å². The topological polar surface area (TPSA) is 110 Å². The number of methoxy groups -OCH3 is 2. The molecule has 4 atom stereocenters. The third-order valence-electron chi connectivity index (χ3n) is 9.23. The fraction of sp³-hybridized carbons (Fsp3) is 0.333. The normalized spacial score (nSPS) is 24.5. The maximum atomic E-state index is 14.0. The van der Waals surface area contributed by atoms with Gasteiger partial charge < -0.3 is 14.6 Å². The number of phenols is 1. The van der Waals surface area contributed by atoms with Crippen molar-refractivity contribution in [2.24, 2.45) is 17.8 Å². The van der Waals surface area contributed by atoms with E-state index in [1.54, 1.807) is 6.08 Å². The molecule has 0 aromatic heterocycles. The second kappa shape index (κ2) is 10.8. The van der Waals surface area contributed by atoms with E-state index in [0.29, 0.717) is 22.6 Å². The van der Waals surface area contributed by atoms with Crippen LogP contribution in [0.5, 0.6) is 17.2 Å². The molecule has 4 aliphatic rings. The van der Waals surface area contributed by atoms with Gasteiger partial charge >= 0.3 is 12.4 Å². The minimum absolute atomic E-state index is 0.0165. The number of alkyl halides is 6. The first-order chi connectivity index (χ1) is 22.0. The Kier molecular flexibility index (Phi) is 7.40. The van der Waals surface area contributed by atoms with Gasteiger partial charge in [0.25, 0.3) is 0 Å². The van der Waals surface area contributed by atoms with Crippen molar-refractivity contribution in [1.82, 2.24) is 0 Å². The second-order valence-electron chi connectivity index (χ2n) is 11.8. The summed E-state index contributed by atoms with van der Waals surface area (Å²) in [5.41, 5.74) is -3.64. The van der Waals surface area contributed by atoms with E-state index in [4.69, 9.17) is 9.47 Å². The Hall–Kier alpha value is -4.88. The minimum Gasteiger partial charge on any atom is -0.507 e. The molecule has 6 rings (SSSR count). The van der Waals surface area contributed by atoms with Gasteiger partial charge in [-0.1, -0.05) is 11.6 Å². The van der Waals surface area contributed by atoms with Crippen molar-refractivity contribution in [2.75, 3.05) is 19.1 Å². The molecule has 0 bridgehead atoms. The van der Waals surface area contributed by atoms with E-state index in [-0.39, 0.29) is 58.4 Å². The summed E-state index contributed by atoms with van der Waals surface area (Å²) in [6.07, 6.45) is -8.10. The molecule has 2 aromatic carbocycles. The number of nitrogens with zero attached hydrogens (tertiary/aromatic N) is 1. The Balaban J connectivity index is 1.51. The number of carbonyl (C=O) groups excluding carboxylic acids is 4. The number of ether oxygens (including phenoxy) is 2. The number of imide groups is 1. The molecule has 0 saturated carbocycles. The molecule has 47 heavy (non-hydrogen) atoms. The lowest BCUT2D eigenvalue weighted by atomic mass is 9.59. The van der Waals surface area contributed by atoms with E-state index in [1.807, 2.05) is 0 Å². The SMILES string of the molecule is COc1cc(O)c([C@H]2C3=CC[C@@H]4C(=O)N(c5cc(C(F)(F)F)cc(C(F)(F)F)c5)C(=O)[C@@H]4[C@@H]3CC3=C2C(=O)C(C)=CC3=O)c(OC)c1. The lowest BCUT2D eigenvalue weighted by molar-refractivity contribution is -0.143. The predicted molar refractivity (Wildman–Crippen MR) is 151 cm³/mol. The van der Waals surface area contributed by atoms with Crippen LogP contribution in [0, 0.1) is 17.8 Å². The number of rotatable bonds is 4. The average molecular weight is 662 g/mol. The number of amides is 2. The van der Waals surface area contributed by atoms with Crippen molar-refractivity contribution >= 4 is 29.1 Å². The van der Waals surface area contributed by atoms with Crippen LogP contribution in [0.15, 0.2) is 64.8 Å². The lowest BCUT2D eigenvalue weighted by Crippen LogP contribution is -2.40. The molecule has 1 saturated heterocycles. The van der Waals surface area contributed by atoms with Crippen LogP contribution >= 0.6 is 0 Å². The van der Waals surface area contributed by atoms with Crippen LogP contribution in [0.3, 0.4) is 0 Å². The number of aromatic hydroxyl groups is 1. The van der Waals surface area contributed by atoms with Crippen LogP contribution in [0.4, 0.5) is 32.0 Å². The van der Waals surface area contributed by atoms with E-state index in [0.717, 1.165) is 6.08 Å². The first-order valence-electron chi connectivity index (χ1n) is 14.3. The fourth-order valence-electron chi connectivity index (χ4n) is 7.18. The van der Waals surface area contributed by atoms with Crippen molar-refractivity contribution in [1.29, 1.82) is 0 Å². The zero-order valence-electron chi connectivity index (χ0n) is 24.9. The van der Waals surface area contributed by atoms with Crippen LogP contribution in [0.1, 0.15) is 42.4 Å². The van der Waals surface area contributed by atoms with E-state index in [9.17, 15) is 50.6 Å². The third kappa shape index (κ3) is 5.01. The summed E-state index contributed by atoms with van der Waals surface area (Å²) in [6, 6.07) is 3.25. The van der Waals surface area contributed by atoms with Gasteiger partial charge in [0.05, 0.1) is 42.9 Å². The summed E-state index contributed by atoms with van der Waals surface area (Å²) in [6.45, 7) is 1.45. The first kappa shape index (κ1) is 32.1. The molecule has 8 nitrogen and oxygen atoms in total. The highest BCUT2D eigenvalue weighted by molar-refractivity contribution is 6.25. The highest BCUT2D eigenvalue weighted by Crippen LogP contribution is 2.58. The third-order valence-corrected chi connectivity index (χ3v) is 9.23. The number of hydrogen-bond donors (Lipinski definition) is 1. The molecule has 0 unspecified atom stereocenters. The highest BCUT2D eigenvalue weighted by Gasteiger charge is 2.57. The van der Waals surface area contributed by atoms with Crippen molar-refractivity contribution in [3.8, 4) is 17.2 Å². The minimum atomic E-state index is -5.22.